The topological polar surface area (TPSA) is 62.0 Å². The monoisotopic (exact) mass is 388 g/mol. The normalized spacial score (nSPS) is 16.3. The van der Waals surface area contributed by atoms with E-state index in [0.717, 1.165) is 24.4 Å². The lowest BCUT2D eigenvalue weighted by Crippen LogP contribution is -2.42. The molecule has 1 saturated heterocycles. The highest BCUT2D eigenvalue weighted by Gasteiger charge is 2.25. The molecule has 3 rings (SSSR count). The maximum Gasteiger partial charge on any atom is 0.191 e. The van der Waals surface area contributed by atoms with E-state index in [1.54, 1.807) is 26.5 Å². The number of ether oxygens (including phenoxy) is 1. The van der Waals surface area contributed by atoms with Crippen LogP contribution in [0.1, 0.15) is 35.8 Å². The molecule has 0 radical (unpaired) electrons. The summed E-state index contributed by atoms with van der Waals surface area (Å²) < 4.78 is 24.5. The number of hydrogen-bond donors (Lipinski definition) is 2. The van der Waals surface area contributed by atoms with Crippen LogP contribution in [0.2, 0.25) is 0 Å². The molecule has 0 amide bonds. The van der Waals surface area contributed by atoms with Crippen LogP contribution >= 0.6 is 0 Å². The number of nitrogens with zero attached hydrogens (tertiary/aromatic N) is 2. The molecule has 28 heavy (non-hydrogen) atoms. The summed E-state index contributed by atoms with van der Waals surface area (Å²) in [6.07, 6.45) is 4.16. The number of methoxy groups -OCH3 is 1. The Kier molecular flexibility index (Phi) is 7.45. The SMILES string of the molecule is CN=C(NCc1ccc(F)c(COC)c1)NCC(c1ccco1)N1CCCC1. The molecule has 7 heteroatoms. The summed E-state index contributed by atoms with van der Waals surface area (Å²) in [6, 6.07) is 9.19. The highest BCUT2D eigenvalue weighted by molar-refractivity contribution is 5.79. The first-order valence-corrected chi connectivity index (χ1v) is 9.69. The molecule has 2 aromatic rings. The van der Waals surface area contributed by atoms with Gasteiger partial charge in [0, 0.05) is 32.8 Å². The molecule has 1 fully saturated rings. The van der Waals surface area contributed by atoms with Gasteiger partial charge in [-0.1, -0.05) is 6.07 Å². The summed E-state index contributed by atoms with van der Waals surface area (Å²) in [7, 11) is 3.31. The minimum Gasteiger partial charge on any atom is -0.468 e. The van der Waals surface area contributed by atoms with Gasteiger partial charge < -0.3 is 19.8 Å². The standard InChI is InChI=1S/C21H29FN4O2/c1-23-21(24-13-16-7-8-18(22)17(12-16)15-27-2)25-14-19(20-6-5-11-28-20)26-9-3-4-10-26/h5-8,11-12,19H,3-4,9-10,13-15H2,1-2H3,(H2,23,24,25). The van der Waals surface area contributed by atoms with E-state index in [2.05, 4.69) is 20.5 Å². The van der Waals surface area contributed by atoms with Crippen molar-refractivity contribution >= 4 is 5.96 Å². The van der Waals surface area contributed by atoms with Gasteiger partial charge in [-0.05, 0) is 55.8 Å². The maximum atomic E-state index is 13.8. The van der Waals surface area contributed by atoms with Crippen LogP contribution in [0.4, 0.5) is 4.39 Å². The van der Waals surface area contributed by atoms with Gasteiger partial charge in [0.1, 0.15) is 11.6 Å². The molecule has 2 heterocycles. The molecule has 1 unspecified atom stereocenters. The van der Waals surface area contributed by atoms with Crippen LogP contribution < -0.4 is 10.6 Å². The average molecular weight is 388 g/mol. The van der Waals surface area contributed by atoms with Crippen molar-refractivity contribution < 1.29 is 13.5 Å². The number of benzene rings is 1. The van der Waals surface area contributed by atoms with E-state index in [1.165, 1.54) is 18.9 Å². The zero-order valence-electron chi connectivity index (χ0n) is 16.6. The first-order valence-electron chi connectivity index (χ1n) is 9.69. The molecule has 1 aromatic carbocycles. The van der Waals surface area contributed by atoms with Crippen LogP contribution in [0.15, 0.2) is 46.0 Å². The third-order valence-electron chi connectivity index (χ3n) is 5.01. The number of guanidine groups is 1. The molecule has 1 aliphatic rings. The molecular weight excluding hydrogens is 359 g/mol. The average Bonchev–Trinajstić information content (AvgIpc) is 3.41. The van der Waals surface area contributed by atoms with E-state index in [-0.39, 0.29) is 18.5 Å². The lowest BCUT2D eigenvalue weighted by molar-refractivity contribution is 0.181. The van der Waals surface area contributed by atoms with Crippen LogP contribution in [-0.2, 0) is 17.9 Å². The zero-order chi connectivity index (χ0) is 19.8. The Morgan fingerprint density at radius 1 is 1.29 bits per heavy atom. The fraction of sp³-hybridized carbons (Fsp3) is 0.476. The van der Waals surface area contributed by atoms with Gasteiger partial charge in [-0.15, -0.1) is 0 Å². The van der Waals surface area contributed by atoms with Crippen LogP contribution in [0.25, 0.3) is 0 Å². The summed E-state index contributed by atoms with van der Waals surface area (Å²) >= 11 is 0. The molecule has 0 bridgehead atoms. The lowest BCUT2D eigenvalue weighted by atomic mass is 10.1. The molecule has 2 N–H and O–H groups in total. The summed E-state index contributed by atoms with van der Waals surface area (Å²) in [4.78, 5) is 6.75. The van der Waals surface area contributed by atoms with Gasteiger partial charge in [0.2, 0.25) is 0 Å². The smallest absolute Gasteiger partial charge is 0.191 e. The predicted octanol–water partition coefficient (Wildman–Crippen LogP) is 3.07. The van der Waals surface area contributed by atoms with E-state index in [0.29, 0.717) is 24.6 Å². The quantitative estimate of drug-likeness (QED) is 0.538. The highest BCUT2D eigenvalue weighted by atomic mass is 19.1. The van der Waals surface area contributed by atoms with Crippen molar-refractivity contribution in [2.45, 2.75) is 32.0 Å². The number of halogens is 1. The molecular formula is C21H29FN4O2. The Bertz CT molecular complexity index is 758. The molecule has 1 atom stereocenters. The van der Waals surface area contributed by atoms with Crippen LogP contribution in [-0.4, -0.2) is 44.7 Å². The van der Waals surface area contributed by atoms with Gasteiger partial charge in [-0.3, -0.25) is 9.89 Å². The van der Waals surface area contributed by atoms with Gasteiger partial charge in [-0.25, -0.2) is 4.39 Å². The fourth-order valence-electron chi connectivity index (χ4n) is 3.55. The van der Waals surface area contributed by atoms with E-state index >= 15 is 0 Å². The van der Waals surface area contributed by atoms with Gasteiger partial charge in [0.25, 0.3) is 0 Å². The predicted molar refractivity (Wildman–Crippen MR) is 108 cm³/mol. The summed E-state index contributed by atoms with van der Waals surface area (Å²) in [6.45, 7) is 3.67. The van der Waals surface area contributed by atoms with Gasteiger partial charge in [0.05, 0.1) is 18.9 Å². The van der Waals surface area contributed by atoms with Crippen LogP contribution in [0, 0.1) is 5.82 Å². The van der Waals surface area contributed by atoms with Gasteiger partial charge >= 0.3 is 0 Å². The van der Waals surface area contributed by atoms with Crippen LogP contribution in [0.3, 0.4) is 0 Å². The van der Waals surface area contributed by atoms with E-state index in [1.807, 2.05) is 18.2 Å². The van der Waals surface area contributed by atoms with E-state index < -0.39 is 0 Å². The molecule has 1 aliphatic heterocycles. The minimum atomic E-state index is -0.250. The first-order chi connectivity index (χ1) is 13.7. The lowest BCUT2D eigenvalue weighted by Gasteiger charge is -2.26. The van der Waals surface area contributed by atoms with Crippen molar-refractivity contribution in [1.82, 2.24) is 15.5 Å². The highest BCUT2D eigenvalue weighted by Crippen LogP contribution is 2.24. The van der Waals surface area contributed by atoms with Crippen LogP contribution in [0.5, 0.6) is 0 Å². The van der Waals surface area contributed by atoms with Gasteiger partial charge in [-0.2, -0.15) is 0 Å². The van der Waals surface area contributed by atoms with Crippen molar-refractivity contribution in [1.29, 1.82) is 0 Å². The third-order valence-corrected chi connectivity index (χ3v) is 5.01. The molecule has 152 valence electrons. The van der Waals surface area contributed by atoms with Crippen molar-refractivity contribution in [2.75, 3.05) is 33.8 Å². The second-order valence-corrected chi connectivity index (χ2v) is 6.94. The molecule has 0 spiro atoms. The number of hydrogen-bond acceptors (Lipinski definition) is 4. The summed E-state index contributed by atoms with van der Waals surface area (Å²) in [5.74, 6) is 1.42. The van der Waals surface area contributed by atoms with Crippen molar-refractivity contribution in [2.24, 2.45) is 4.99 Å². The fourth-order valence-corrected chi connectivity index (χ4v) is 3.55. The number of furan rings is 1. The number of rotatable bonds is 8. The Morgan fingerprint density at radius 2 is 2.11 bits per heavy atom. The van der Waals surface area contributed by atoms with Gasteiger partial charge in [0.15, 0.2) is 5.96 Å². The first kappa shape index (κ1) is 20.4. The minimum absolute atomic E-state index is 0.176. The van der Waals surface area contributed by atoms with Crippen molar-refractivity contribution in [3.05, 3.63) is 59.3 Å². The molecule has 6 nitrogen and oxygen atoms in total. The third kappa shape index (κ3) is 5.33. The second kappa shape index (κ2) is 10.2. The van der Waals surface area contributed by atoms with Crippen molar-refractivity contribution in [3.63, 3.8) is 0 Å². The number of likely N-dealkylation sites (tertiary alicyclic amines) is 1. The maximum absolute atomic E-state index is 13.8. The Morgan fingerprint density at radius 3 is 2.79 bits per heavy atom. The van der Waals surface area contributed by atoms with E-state index in [4.69, 9.17) is 9.15 Å². The largest absolute Gasteiger partial charge is 0.468 e. The van der Waals surface area contributed by atoms with E-state index in [9.17, 15) is 4.39 Å². The Labute approximate surface area is 165 Å². The zero-order valence-corrected chi connectivity index (χ0v) is 16.6. The summed E-state index contributed by atoms with van der Waals surface area (Å²) in [5, 5.41) is 6.69. The Hall–Kier alpha value is -2.38. The Balaban J connectivity index is 1.57. The number of aliphatic imine (C=N–C) groups is 1. The molecule has 1 aromatic heterocycles. The second-order valence-electron chi connectivity index (χ2n) is 6.94. The number of nitrogens with one attached hydrogen (secondary N) is 2. The van der Waals surface area contributed by atoms with Crippen molar-refractivity contribution in [3.8, 4) is 0 Å². The molecule has 0 aliphatic carbocycles. The molecule has 0 saturated carbocycles. The summed E-state index contributed by atoms with van der Waals surface area (Å²) in [5.41, 5.74) is 1.52.